The van der Waals surface area contributed by atoms with Gasteiger partial charge in [-0.2, -0.15) is 9.78 Å². The van der Waals surface area contributed by atoms with Crippen molar-refractivity contribution in [3.63, 3.8) is 0 Å². The number of benzene rings is 2. The SMILES string of the molecule is CC[C@H](C)c1nc2ccc(Br)cc2c(=O)n1N=Cc1ccc(-c2ccc(OC(F)(F)F)cc2)o1. The molecule has 0 fully saturated rings. The summed E-state index contributed by atoms with van der Waals surface area (Å²) in [6.45, 7) is 3.97. The zero-order chi connectivity index (χ0) is 24.5. The first-order valence-corrected chi connectivity index (χ1v) is 11.2. The van der Waals surface area contributed by atoms with E-state index in [2.05, 4.69) is 30.8 Å². The topological polar surface area (TPSA) is 69.6 Å². The van der Waals surface area contributed by atoms with Crippen molar-refractivity contribution in [3.8, 4) is 17.1 Å². The molecule has 0 N–H and O–H groups in total. The quantitative estimate of drug-likeness (QED) is 0.258. The lowest BCUT2D eigenvalue weighted by Gasteiger charge is -2.13. The van der Waals surface area contributed by atoms with Crippen LogP contribution >= 0.6 is 15.9 Å². The van der Waals surface area contributed by atoms with E-state index in [1.54, 1.807) is 24.3 Å². The lowest BCUT2D eigenvalue weighted by molar-refractivity contribution is -0.274. The number of fused-ring (bicyclic) bond motifs is 1. The standard InChI is InChI=1S/C24H19BrF3N3O3/c1-3-14(2)22-30-20-10-6-16(25)12-19(20)23(32)31(22)29-13-18-9-11-21(33-18)15-4-7-17(8-5-15)34-24(26,27)28/h4-14H,3H2,1-2H3/t14-/m0/s1. The minimum absolute atomic E-state index is 0.0116. The van der Waals surface area contributed by atoms with Crippen molar-refractivity contribution in [1.29, 1.82) is 0 Å². The lowest BCUT2D eigenvalue weighted by Crippen LogP contribution is -2.23. The molecular weight excluding hydrogens is 515 g/mol. The molecule has 0 saturated heterocycles. The maximum Gasteiger partial charge on any atom is 0.573 e. The van der Waals surface area contributed by atoms with Crippen LogP contribution in [0.1, 0.15) is 37.8 Å². The molecule has 0 aliphatic heterocycles. The van der Waals surface area contributed by atoms with Crippen LogP contribution in [0.15, 0.2) is 73.4 Å². The molecular formula is C24H19BrF3N3O3. The summed E-state index contributed by atoms with van der Waals surface area (Å²) in [6.07, 6.45) is -2.58. The predicted molar refractivity (Wildman–Crippen MR) is 126 cm³/mol. The van der Waals surface area contributed by atoms with Crippen LogP contribution in [0.2, 0.25) is 0 Å². The molecule has 2 heterocycles. The van der Waals surface area contributed by atoms with Crippen LogP contribution in [-0.4, -0.2) is 22.2 Å². The molecule has 2 aromatic heterocycles. The summed E-state index contributed by atoms with van der Waals surface area (Å²) in [5.41, 5.74) is 0.849. The lowest BCUT2D eigenvalue weighted by atomic mass is 10.1. The van der Waals surface area contributed by atoms with Gasteiger partial charge in [-0.15, -0.1) is 13.2 Å². The second-order valence-corrected chi connectivity index (χ2v) is 8.49. The Morgan fingerprint density at radius 3 is 2.59 bits per heavy atom. The van der Waals surface area contributed by atoms with Crippen LogP contribution in [0.5, 0.6) is 5.75 Å². The number of furan rings is 1. The van der Waals surface area contributed by atoms with E-state index < -0.39 is 6.36 Å². The van der Waals surface area contributed by atoms with Gasteiger partial charge in [-0.25, -0.2) is 4.98 Å². The molecule has 0 saturated carbocycles. The molecule has 176 valence electrons. The fourth-order valence-electron chi connectivity index (χ4n) is 3.29. The highest BCUT2D eigenvalue weighted by atomic mass is 79.9. The van der Waals surface area contributed by atoms with Crippen LogP contribution in [0.4, 0.5) is 13.2 Å². The molecule has 0 radical (unpaired) electrons. The fourth-order valence-corrected chi connectivity index (χ4v) is 3.65. The van der Waals surface area contributed by atoms with Gasteiger partial charge >= 0.3 is 6.36 Å². The number of halogens is 4. The van der Waals surface area contributed by atoms with Gasteiger partial charge in [0.1, 0.15) is 23.1 Å². The van der Waals surface area contributed by atoms with Gasteiger partial charge in [0.25, 0.3) is 5.56 Å². The van der Waals surface area contributed by atoms with Crippen LogP contribution < -0.4 is 10.3 Å². The minimum Gasteiger partial charge on any atom is -0.455 e. The highest BCUT2D eigenvalue weighted by Crippen LogP contribution is 2.27. The molecule has 4 rings (SSSR count). The zero-order valence-electron chi connectivity index (χ0n) is 18.1. The molecule has 1 atom stereocenters. The minimum atomic E-state index is -4.75. The Labute approximate surface area is 200 Å². The Morgan fingerprint density at radius 1 is 1.18 bits per heavy atom. The number of hydrogen-bond donors (Lipinski definition) is 0. The summed E-state index contributed by atoms with van der Waals surface area (Å²) >= 11 is 3.38. The Hall–Kier alpha value is -3.40. The molecule has 0 spiro atoms. The van der Waals surface area contributed by atoms with Gasteiger partial charge < -0.3 is 9.15 Å². The number of nitrogens with zero attached hydrogens (tertiary/aromatic N) is 3. The number of ether oxygens (including phenoxy) is 1. The molecule has 0 amide bonds. The monoisotopic (exact) mass is 533 g/mol. The number of alkyl halides is 3. The van der Waals surface area contributed by atoms with Crippen molar-refractivity contribution < 1.29 is 22.3 Å². The average molecular weight is 534 g/mol. The van der Waals surface area contributed by atoms with Gasteiger partial charge in [-0.1, -0.05) is 29.8 Å². The molecule has 0 bridgehead atoms. The third-order valence-electron chi connectivity index (χ3n) is 5.19. The zero-order valence-corrected chi connectivity index (χ0v) is 19.7. The molecule has 6 nitrogen and oxygen atoms in total. The second kappa shape index (κ2) is 9.46. The Kier molecular flexibility index (Phi) is 6.60. The van der Waals surface area contributed by atoms with Gasteiger partial charge in [-0.3, -0.25) is 4.79 Å². The average Bonchev–Trinajstić information content (AvgIpc) is 3.26. The van der Waals surface area contributed by atoms with Crippen LogP contribution in [0, 0.1) is 0 Å². The van der Waals surface area contributed by atoms with Crippen molar-refractivity contribution in [2.75, 3.05) is 0 Å². The molecule has 10 heteroatoms. The van der Waals surface area contributed by atoms with Crippen molar-refractivity contribution in [2.24, 2.45) is 5.10 Å². The van der Waals surface area contributed by atoms with Crippen LogP contribution in [-0.2, 0) is 0 Å². The van der Waals surface area contributed by atoms with E-state index in [0.717, 1.165) is 10.9 Å². The Bertz CT molecular complexity index is 1410. The predicted octanol–water partition coefficient (Wildman–Crippen LogP) is 6.71. The highest BCUT2D eigenvalue weighted by Gasteiger charge is 2.31. The van der Waals surface area contributed by atoms with Gasteiger partial charge in [0.15, 0.2) is 0 Å². The van der Waals surface area contributed by atoms with Crippen molar-refractivity contribution >= 4 is 33.0 Å². The molecule has 4 aromatic rings. The molecule has 0 aliphatic rings. The number of hydrogen-bond acceptors (Lipinski definition) is 5. The van der Waals surface area contributed by atoms with Gasteiger partial charge in [-0.05, 0) is 61.0 Å². The van der Waals surface area contributed by atoms with Gasteiger partial charge in [0.2, 0.25) is 0 Å². The van der Waals surface area contributed by atoms with Crippen LogP contribution in [0.3, 0.4) is 0 Å². The van der Waals surface area contributed by atoms with Gasteiger partial charge in [0, 0.05) is 16.0 Å². The first-order chi connectivity index (χ1) is 16.1. The first kappa shape index (κ1) is 23.7. The van der Waals surface area contributed by atoms with Crippen molar-refractivity contribution in [1.82, 2.24) is 9.66 Å². The maximum atomic E-state index is 13.2. The van der Waals surface area contributed by atoms with Crippen molar-refractivity contribution in [3.05, 3.63) is 81.0 Å². The molecule has 0 aliphatic carbocycles. The Balaban J connectivity index is 1.65. The summed E-state index contributed by atoms with van der Waals surface area (Å²) in [5, 5.41) is 4.78. The van der Waals surface area contributed by atoms with E-state index in [1.165, 1.54) is 35.2 Å². The highest BCUT2D eigenvalue weighted by molar-refractivity contribution is 9.10. The number of rotatable bonds is 6. The van der Waals surface area contributed by atoms with E-state index in [9.17, 15) is 18.0 Å². The van der Waals surface area contributed by atoms with Gasteiger partial charge in [0.05, 0.1) is 17.1 Å². The van der Waals surface area contributed by atoms with E-state index in [4.69, 9.17) is 4.42 Å². The summed E-state index contributed by atoms with van der Waals surface area (Å²) < 4.78 is 48.7. The summed E-state index contributed by atoms with van der Waals surface area (Å²) in [4.78, 5) is 17.8. The molecule has 34 heavy (non-hydrogen) atoms. The van der Waals surface area contributed by atoms with Crippen LogP contribution in [0.25, 0.3) is 22.2 Å². The number of aromatic nitrogens is 2. The molecule has 0 unspecified atom stereocenters. The molecule has 2 aromatic carbocycles. The second-order valence-electron chi connectivity index (χ2n) is 7.58. The summed E-state index contributed by atoms with van der Waals surface area (Å²) in [6, 6.07) is 13.9. The maximum absolute atomic E-state index is 13.2. The largest absolute Gasteiger partial charge is 0.573 e. The third kappa shape index (κ3) is 5.22. The fraction of sp³-hybridized carbons (Fsp3) is 0.208. The summed E-state index contributed by atoms with van der Waals surface area (Å²) in [7, 11) is 0. The first-order valence-electron chi connectivity index (χ1n) is 10.4. The normalized spacial score (nSPS) is 13.0. The van der Waals surface area contributed by atoms with E-state index >= 15 is 0 Å². The van der Waals surface area contributed by atoms with E-state index in [0.29, 0.717) is 33.8 Å². The smallest absolute Gasteiger partial charge is 0.455 e. The van der Waals surface area contributed by atoms with Crippen molar-refractivity contribution in [2.45, 2.75) is 32.5 Å². The Morgan fingerprint density at radius 2 is 1.91 bits per heavy atom. The van der Waals surface area contributed by atoms with E-state index in [1.807, 2.05) is 19.9 Å². The third-order valence-corrected chi connectivity index (χ3v) is 5.68. The van der Waals surface area contributed by atoms with E-state index in [-0.39, 0.29) is 17.2 Å². The summed E-state index contributed by atoms with van der Waals surface area (Å²) in [5.74, 6) is 0.988.